The number of aliphatic hydroxyl groups excluding tert-OH is 1. The van der Waals surface area contributed by atoms with E-state index in [9.17, 15) is 5.26 Å². The molecule has 1 unspecified atom stereocenters. The molecule has 0 aliphatic heterocycles. The molecule has 3 nitrogen and oxygen atoms in total. The first-order valence-electron chi connectivity index (χ1n) is 5.67. The first-order valence-corrected chi connectivity index (χ1v) is 6.46. The topological polar surface area (TPSA) is 53.2 Å². The summed E-state index contributed by atoms with van der Waals surface area (Å²) in [6, 6.07) is 8.28. The summed E-state index contributed by atoms with van der Waals surface area (Å²) in [7, 11) is 0. The van der Waals surface area contributed by atoms with E-state index in [1.165, 1.54) is 5.56 Å². The van der Waals surface area contributed by atoms with Crippen molar-refractivity contribution in [1.29, 1.82) is 5.26 Å². The number of benzene rings is 1. The Bertz CT molecular complexity index is 455. The van der Waals surface area contributed by atoms with E-state index in [1.54, 1.807) is 0 Å². The lowest BCUT2D eigenvalue weighted by molar-refractivity contribution is -0.0107. The highest BCUT2D eigenvalue weighted by Crippen LogP contribution is 2.40. The van der Waals surface area contributed by atoms with E-state index in [-0.39, 0.29) is 6.61 Å². The molecule has 0 radical (unpaired) electrons. The Hall–Kier alpha value is -0.890. The van der Waals surface area contributed by atoms with Crippen LogP contribution < -0.4 is 0 Å². The summed E-state index contributed by atoms with van der Waals surface area (Å²) in [6.07, 6.45) is 2.13. The molecule has 1 aromatic carbocycles. The Morgan fingerprint density at radius 3 is 3.06 bits per heavy atom. The van der Waals surface area contributed by atoms with Crippen LogP contribution in [0.3, 0.4) is 0 Å². The molecule has 4 heteroatoms. The van der Waals surface area contributed by atoms with Crippen LogP contribution in [0.1, 0.15) is 24.0 Å². The van der Waals surface area contributed by atoms with Gasteiger partial charge >= 0.3 is 0 Å². The largest absolute Gasteiger partial charge is 0.396 e. The molecule has 0 fully saturated rings. The quantitative estimate of drug-likeness (QED) is 0.869. The number of hydrogen-bond donors (Lipinski definition) is 1. The van der Waals surface area contributed by atoms with Gasteiger partial charge in [0.15, 0.2) is 5.60 Å². The van der Waals surface area contributed by atoms with Gasteiger partial charge in [-0.2, -0.15) is 5.26 Å². The van der Waals surface area contributed by atoms with Crippen LogP contribution in [0, 0.1) is 11.3 Å². The van der Waals surface area contributed by atoms with Crippen molar-refractivity contribution in [2.45, 2.75) is 24.9 Å². The summed E-state index contributed by atoms with van der Waals surface area (Å²) in [5.74, 6) is 0. The summed E-state index contributed by atoms with van der Waals surface area (Å²) in [6.45, 7) is 0.503. The van der Waals surface area contributed by atoms with Crippen LogP contribution in [-0.4, -0.2) is 18.3 Å². The molecule has 0 spiro atoms. The Labute approximate surface area is 109 Å². The van der Waals surface area contributed by atoms with E-state index in [2.05, 4.69) is 22.0 Å². The number of nitrogens with zero attached hydrogens (tertiary/aromatic N) is 1. The van der Waals surface area contributed by atoms with Gasteiger partial charge in [0.2, 0.25) is 0 Å². The maximum atomic E-state index is 9.40. The Morgan fingerprint density at radius 1 is 1.53 bits per heavy atom. The Balaban J connectivity index is 2.27. The van der Waals surface area contributed by atoms with Crippen molar-refractivity contribution >= 4 is 15.9 Å². The van der Waals surface area contributed by atoms with Crippen molar-refractivity contribution in [2.24, 2.45) is 0 Å². The minimum absolute atomic E-state index is 0.0901. The average molecular weight is 296 g/mol. The summed E-state index contributed by atoms with van der Waals surface area (Å²) in [5, 5.41) is 18.2. The van der Waals surface area contributed by atoms with Crippen LogP contribution >= 0.6 is 15.9 Å². The van der Waals surface area contributed by atoms with E-state index in [0.29, 0.717) is 19.4 Å². The van der Waals surface area contributed by atoms with Crippen LogP contribution in [0.4, 0.5) is 0 Å². The molecular formula is C13H14BrNO2. The van der Waals surface area contributed by atoms with E-state index in [4.69, 9.17) is 9.84 Å². The SMILES string of the molecule is N#CC1(OCCCO)CCc2ccc(Br)cc21. The van der Waals surface area contributed by atoms with E-state index < -0.39 is 5.60 Å². The van der Waals surface area contributed by atoms with Crippen LogP contribution in [0.25, 0.3) is 0 Å². The van der Waals surface area contributed by atoms with Gasteiger partial charge in [-0.15, -0.1) is 0 Å². The van der Waals surface area contributed by atoms with Crippen molar-refractivity contribution in [3.63, 3.8) is 0 Å². The number of fused-ring (bicyclic) bond motifs is 1. The van der Waals surface area contributed by atoms with Crippen molar-refractivity contribution < 1.29 is 9.84 Å². The molecule has 2 rings (SSSR count). The van der Waals surface area contributed by atoms with Gasteiger partial charge < -0.3 is 9.84 Å². The molecule has 1 N–H and O–H groups in total. The van der Waals surface area contributed by atoms with Gasteiger partial charge in [0, 0.05) is 16.6 Å². The lowest BCUT2D eigenvalue weighted by Crippen LogP contribution is -2.25. The maximum absolute atomic E-state index is 9.40. The molecule has 0 saturated heterocycles. The fourth-order valence-corrected chi connectivity index (χ4v) is 2.56. The molecule has 0 aromatic heterocycles. The Morgan fingerprint density at radius 2 is 2.35 bits per heavy atom. The van der Waals surface area contributed by atoms with E-state index in [0.717, 1.165) is 16.5 Å². The van der Waals surface area contributed by atoms with E-state index in [1.807, 2.05) is 18.2 Å². The lowest BCUT2D eigenvalue weighted by Gasteiger charge is -2.23. The highest BCUT2D eigenvalue weighted by molar-refractivity contribution is 9.10. The highest BCUT2D eigenvalue weighted by atomic mass is 79.9. The molecule has 0 saturated carbocycles. The molecule has 1 aliphatic carbocycles. The Kier molecular flexibility index (Phi) is 3.82. The van der Waals surface area contributed by atoms with Crippen molar-refractivity contribution in [2.75, 3.05) is 13.2 Å². The third-order valence-corrected chi connectivity index (χ3v) is 3.58. The predicted octanol–water partition coefficient (Wildman–Crippen LogP) is 2.51. The van der Waals surface area contributed by atoms with Crippen molar-refractivity contribution in [3.05, 3.63) is 33.8 Å². The number of halogens is 1. The van der Waals surface area contributed by atoms with Gasteiger partial charge in [-0.25, -0.2) is 0 Å². The number of aryl methyl sites for hydroxylation is 1. The number of ether oxygens (including phenoxy) is 1. The van der Waals surface area contributed by atoms with Crippen molar-refractivity contribution in [1.82, 2.24) is 0 Å². The first-order chi connectivity index (χ1) is 8.22. The van der Waals surface area contributed by atoms with Gasteiger partial charge in [0.25, 0.3) is 0 Å². The highest BCUT2D eigenvalue weighted by Gasteiger charge is 2.40. The predicted molar refractivity (Wildman–Crippen MR) is 67.4 cm³/mol. The standard InChI is InChI=1S/C13H14BrNO2/c14-11-3-2-10-4-5-13(9-15,12(10)8-11)17-7-1-6-16/h2-3,8,16H,1,4-7H2. The summed E-state index contributed by atoms with van der Waals surface area (Å²) in [5.41, 5.74) is 1.32. The zero-order chi connectivity index (χ0) is 12.3. The summed E-state index contributed by atoms with van der Waals surface area (Å²) >= 11 is 3.42. The molecule has 1 atom stereocenters. The maximum Gasteiger partial charge on any atom is 0.180 e. The number of aliphatic hydroxyl groups is 1. The average Bonchev–Trinajstić information content (AvgIpc) is 2.69. The number of nitriles is 1. The zero-order valence-corrected chi connectivity index (χ0v) is 11.0. The van der Waals surface area contributed by atoms with Crippen LogP contribution in [-0.2, 0) is 16.8 Å². The third-order valence-electron chi connectivity index (χ3n) is 3.08. The molecule has 0 bridgehead atoms. The van der Waals surface area contributed by atoms with Gasteiger partial charge in [-0.1, -0.05) is 22.0 Å². The minimum Gasteiger partial charge on any atom is -0.396 e. The van der Waals surface area contributed by atoms with Crippen LogP contribution in [0.2, 0.25) is 0 Å². The van der Waals surface area contributed by atoms with Gasteiger partial charge in [0.05, 0.1) is 6.61 Å². The molecule has 1 aromatic rings. The normalized spacial score (nSPS) is 22.2. The summed E-state index contributed by atoms with van der Waals surface area (Å²) in [4.78, 5) is 0. The zero-order valence-electron chi connectivity index (χ0n) is 9.45. The van der Waals surface area contributed by atoms with Crippen molar-refractivity contribution in [3.8, 4) is 6.07 Å². The molecule has 0 heterocycles. The first kappa shape index (κ1) is 12.6. The second-order valence-corrected chi connectivity index (χ2v) is 5.08. The molecular weight excluding hydrogens is 282 g/mol. The molecule has 1 aliphatic rings. The van der Waals surface area contributed by atoms with Gasteiger partial charge in [0.1, 0.15) is 6.07 Å². The molecule has 0 amide bonds. The van der Waals surface area contributed by atoms with E-state index >= 15 is 0 Å². The van der Waals surface area contributed by atoms with Crippen LogP contribution in [0.15, 0.2) is 22.7 Å². The molecule has 17 heavy (non-hydrogen) atoms. The van der Waals surface area contributed by atoms with Gasteiger partial charge in [-0.3, -0.25) is 0 Å². The third kappa shape index (κ3) is 2.37. The van der Waals surface area contributed by atoms with Crippen LogP contribution in [0.5, 0.6) is 0 Å². The number of rotatable bonds is 4. The minimum atomic E-state index is -0.825. The second-order valence-electron chi connectivity index (χ2n) is 4.17. The monoisotopic (exact) mass is 295 g/mol. The van der Waals surface area contributed by atoms with Gasteiger partial charge in [-0.05, 0) is 37.0 Å². The second kappa shape index (κ2) is 5.18. The smallest absolute Gasteiger partial charge is 0.180 e. The fourth-order valence-electron chi connectivity index (χ4n) is 2.20. The fraction of sp³-hybridized carbons (Fsp3) is 0.462. The number of hydrogen-bond acceptors (Lipinski definition) is 3. The molecule has 90 valence electrons. The summed E-state index contributed by atoms with van der Waals surface area (Å²) < 4.78 is 6.68. The lowest BCUT2D eigenvalue weighted by atomic mass is 9.97.